The van der Waals surface area contributed by atoms with E-state index >= 15 is 0 Å². The lowest BCUT2D eigenvalue weighted by atomic mass is 10.0. The van der Waals surface area contributed by atoms with Gasteiger partial charge in [-0.25, -0.2) is 4.98 Å². The third kappa shape index (κ3) is 4.41. The van der Waals surface area contributed by atoms with Crippen molar-refractivity contribution in [3.8, 4) is 34.2 Å². The lowest BCUT2D eigenvalue weighted by molar-refractivity contribution is 0.0254. The Labute approximate surface area is 203 Å². The van der Waals surface area contributed by atoms with Gasteiger partial charge in [-0.15, -0.1) is 0 Å². The molecule has 0 spiro atoms. The van der Waals surface area contributed by atoms with Gasteiger partial charge in [0.05, 0.1) is 36.7 Å². The van der Waals surface area contributed by atoms with E-state index in [1.807, 2.05) is 30.5 Å². The van der Waals surface area contributed by atoms with E-state index in [0.29, 0.717) is 30.6 Å². The predicted molar refractivity (Wildman–Crippen MR) is 133 cm³/mol. The van der Waals surface area contributed by atoms with Crippen molar-refractivity contribution in [3.63, 3.8) is 0 Å². The molecular formula is C27H28N6O2. The molecule has 0 atom stereocenters. The lowest BCUT2D eigenvalue weighted by Gasteiger charge is -2.23. The molecule has 1 aromatic carbocycles. The highest BCUT2D eigenvalue weighted by Crippen LogP contribution is 2.34. The van der Waals surface area contributed by atoms with E-state index in [9.17, 15) is 5.26 Å². The summed E-state index contributed by atoms with van der Waals surface area (Å²) in [5.41, 5.74) is 5.37. The highest BCUT2D eigenvalue weighted by Gasteiger charge is 2.19. The number of pyridine rings is 1. The highest BCUT2D eigenvalue weighted by molar-refractivity contribution is 5.96. The number of hydrogen-bond acceptors (Lipinski definition) is 6. The first kappa shape index (κ1) is 21.8. The van der Waals surface area contributed by atoms with Crippen LogP contribution < -0.4 is 10.1 Å². The van der Waals surface area contributed by atoms with Gasteiger partial charge in [-0.1, -0.05) is 6.07 Å². The number of benzene rings is 1. The Morgan fingerprint density at radius 1 is 1.06 bits per heavy atom. The zero-order valence-electron chi connectivity index (χ0n) is 19.5. The third-order valence-corrected chi connectivity index (χ3v) is 7.00. The number of piperidine rings is 1. The van der Waals surface area contributed by atoms with Crippen molar-refractivity contribution in [2.24, 2.45) is 0 Å². The van der Waals surface area contributed by atoms with Crippen molar-refractivity contribution in [2.75, 3.05) is 26.3 Å². The minimum absolute atomic E-state index is 0.0901. The van der Waals surface area contributed by atoms with Gasteiger partial charge in [0.2, 0.25) is 0 Å². The number of ether oxygens (including phenoxy) is 2. The van der Waals surface area contributed by atoms with Crippen molar-refractivity contribution in [2.45, 2.75) is 37.8 Å². The van der Waals surface area contributed by atoms with Gasteiger partial charge in [-0.3, -0.25) is 4.68 Å². The Balaban J connectivity index is 1.30. The van der Waals surface area contributed by atoms with Gasteiger partial charge >= 0.3 is 0 Å². The second-order valence-electron chi connectivity index (χ2n) is 9.25. The summed E-state index contributed by atoms with van der Waals surface area (Å²) in [6, 6.07) is 12.7. The number of nitrogens with zero attached hydrogens (tertiary/aromatic N) is 4. The minimum atomic E-state index is 0.0901. The van der Waals surface area contributed by atoms with Crippen molar-refractivity contribution in [1.82, 2.24) is 25.1 Å². The molecule has 4 aromatic rings. The molecule has 8 nitrogen and oxygen atoms in total. The van der Waals surface area contributed by atoms with Gasteiger partial charge in [0.1, 0.15) is 23.6 Å². The summed E-state index contributed by atoms with van der Waals surface area (Å²) >= 11 is 0. The first-order valence-corrected chi connectivity index (χ1v) is 12.3. The number of nitriles is 1. The van der Waals surface area contributed by atoms with E-state index in [-0.39, 0.29) is 6.10 Å². The fourth-order valence-corrected chi connectivity index (χ4v) is 5.04. The molecule has 2 fully saturated rings. The van der Waals surface area contributed by atoms with Crippen LogP contribution >= 0.6 is 0 Å². The summed E-state index contributed by atoms with van der Waals surface area (Å²) in [7, 11) is 0. The van der Waals surface area contributed by atoms with Gasteiger partial charge < -0.3 is 19.8 Å². The lowest BCUT2D eigenvalue weighted by Crippen LogP contribution is -2.29. The highest BCUT2D eigenvalue weighted by atomic mass is 16.5. The van der Waals surface area contributed by atoms with Crippen LogP contribution in [0.4, 0.5) is 0 Å². The Morgan fingerprint density at radius 3 is 2.74 bits per heavy atom. The second-order valence-corrected chi connectivity index (χ2v) is 9.25. The van der Waals surface area contributed by atoms with Gasteiger partial charge in [0.25, 0.3) is 0 Å². The van der Waals surface area contributed by atoms with E-state index < -0.39 is 0 Å². The van der Waals surface area contributed by atoms with Crippen LogP contribution in [0.25, 0.3) is 33.4 Å². The van der Waals surface area contributed by atoms with Gasteiger partial charge in [-0.05, 0) is 61.3 Å². The number of fused-ring (bicyclic) bond motifs is 1. The average Bonchev–Trinajstić information content (AvgIpc) is 3.58. The van der Waals surface area contributed by atoms with Crippen LogP contribution in [-0.2, 0) is 4.74 Å². The normalized spacial score (nSPS) is 17.5. The van der Waals surface area contributed by atoms with E-state index in [2.05, 4.69) is 43.4 Å². The largest absolute Gasteiger partial charge is 0.489 e. The average molecular weight is 469 g/mol. The number of H-pyrrole nitrogens is 1. The number of hydrogen-bond donors (Lipinski definition) is 2. The van der Waals surface area contributed by atoms with Crippen LogP contribution in [0.2, 0.25) is 0 Å². The maximum atomic E-state index is 9.81. The third-order valence-electron chi connectivity index (χ3n) is 7.00. The summed E-state index contributed by atoms with van der Waals surface area (Å²) < 4.78 is 13.6. The molecule has 0 unspecified atom stereocenters. The van der Waals surface area contributed by atoms with E-state index in [0.717, 1.165) is 72.2 Å². The summed E-state index contributed by atoms with van der Waals surface area (Å²) in [6.07, 6.45) is 9.81. The molecule has 8 heteroatoms. The monoisotopic (exact) mass is 468 g/mol. The Morgan fingerprint density at radius 2 is 1.91 bits per heavy atom. The standard InChI is InChI=1S/C27H28N6O2/c28-15-19-13-18(1-2-26(19)35-22-6-11-34-12-7-22)23-5-10-30-27-24(23)14-25(32-27)20-16-31-33(17-20)21-3-8-29-9-4-21/h1-2,5,10,13-14,16-17,21-22,29H,3-4,6-9,11-12H2,(H,30,32). The predicted octanol–water partition coefficient (Wildman–Crippen LogP) is 4.45. The molecule has 2 aliphatic rings. The summed E-state index contributed by atoms with van der Waals surface area (Å²) in [4.78, 5) is 8.01. The molecular weight excluding hydrogens is 440 g/mol. The molecule has 0 amide bonds. The first-order valence-electron chi connectivity index (χ1n) is 12.3. The first-order chi connectivity index (χ1) is 17.3. The van der Waals surface area contributed by atoms with Crippen LogP contribution in [0.15, 0.2) is 48.9 Å². The van der Waals surface area contributed by atoms with E-state index in [1.54, 1.807) is 6.20 Å². The van der Waals surface area contributed by atoms with Gasteiger partial charge in [-0.2, -0.15) is 10.4 Å². The molecule has 178 valence electrons. The second kappa shape index (κ2) is 9.53. The minimum Gasteiger partial charge on any atom is -0.489 e. The van der Waals surface area contributed by atoms with Crippen molar-refractivity contribution in [3.05, 3.63) is 54.5 Å². The fourth-order valence-electron chi connectivity index (χ4n) is 5.04. The number of aromatic nitrogens is 4. The van der Waals surface area contributed by atoms with Crippen LogP contribution in [0.1, 0.15) is 37.3 Å². The molecule has 3 aromatic heterocycles. The Hall–Kier alpha value is -3.67. The molecule has 35 heavy (non-hydrogen) atoms. The van der Waals surface area contributed by atoms with Crippen LogP contribution in [0.5, 0.6) is 5.75 Å². The quantitative estimate of drug-likeness (QED) is 0.449. The van der Waals surface area contributed by atoms with Crippen LogP contribution in [0, 0.1) is 11.3 Å². The SMILES string of the molecule is N#Cc1cc(-c2ccnc3[nH]c(-c4cnn(C5CCNCC5)c4)cc23)ccc1OC1CCOCC1. The number of nitrogens with one attached hydrogen (secondary N) is 2. The zero-order chi connectivity index (χ0) is 23.6. The number of rotatable bonds is 5. The molecule has 6 rings (SSSR count). The smallest absolute Gasteiger partial charge is 0.138 e. The molecule has 0 bridgehead atoms. The van der Waals surface area contributed by atoms with Crippen molar-refractivity contribution < 1.29 is 9.47 Å². The van der Waals surface area contributed by atoms with Crippen LogP contribution in [-0.4, -0.2) is 52.2 Å². The molecule has 2 saturated heterocycles. The number of aromatic amines is 1. The Bertz CT molecular complexity index is 1370. The molecule has 2 aliphatic heterocycles. The molecule has 2 N–H and O–H groups in total. The van der Waals surface area contributed by atoms with Crippen molar-refractivity contribution in [1.29, 1.82) is 5.26 Å². The van der Waals surface area contributed by atoms with E-state index in [4.69, 9.17) is 9.47 Å². The zero-order valence-corrected chi connectivity index (χ0v) is 19.5. The molecule has 5 heterocycles. The molecule has 0 radical (unpaired) electrons. The maximum absolute atomic E-state index is 9.81. The topological polar surface area (TPSA) is 101 Å². The molecule has 0 saturated carbocycles. The maximum Gasteiger partial charge on any atom is 0.138 e. The molecule has 0 aliphatic carbocycles. The van der Waals surface area contributed by atoms with Crippen molar-refractivity contribution >= 4 is 11.0 Å². The summed E-state index contributed by atoms with van der Waals surface area (Å²) in [6.45, 7) is 3.46. The fraction of sp³-hybridized carbons (Fsp3) is 0.370. The van der Waals surface area contributed by atoms with Crippen LogP contribution in [0.3, 0.4) is 0 Å². The van der Waals surface area contributed by atoms with E-state index in [1.165, 1.54) is 0 Å². The summed E-state index contributed by atoms with van der Waals surface area (Å²) in [5.74, 6) is 0.633. The van der Waals surface area contributed by atoms with Gasteiger partial charge in [0.15, 0.2) is 0 Å². The Kier molecular flexibility index (Phi) is 5.94. The summed E-state index contributed by atoms with van der Waals surface area (Å²) in [5, 5.41) is 18.9. The van der Waals surface area contributed by atoms with Gasteiger partial charge in [0, 0.05) is 36.2 Å².